The van der Waals surface area contributed by atoms with Crippen molar-refractivity contribution in [2.24, 2.45) is 0 Å². The van der Waals surface area contributed by atoms with Crippen molar-refractivity contribution in [1.82, 2.24) is 4.31 Å². The zero-order valence-electron chi connectivity index (χ0n) is 12.2. The molecule has 1 aliphatic rings. The number of nitrogens with one attached hydrogen (secondary N) is 1. The summed E-state index contributed by atoms with van der Waals surface area (Å²) < 4.78 is 27.2. The molecule has 8 heteroatoms. The van der Waals surface area contributed by atoms with Crippen molar-refractivity contribution >= 4 is 48.9 Å². The first-order chi connectivity index (χ1) is 11.0. The van der Waals surface area contributed by atoms with Crippen LogP contribution in [0, 0.1) is 0 Å². The molecule has 1 aromatic carbocycles. The summed E-state index contributed by atoms with van der Waals surface area (Å²) in [6, 6.07) is 9.84. The quantitative estimate of drug-likeness (QED) is 0.831. The van der Waals surface area contributed by atoms with Crippen LogP contribution < -0.4 is 5.32 Å². The molecule has 1 saturated heterocycles. The fourth-order valence-corrected chi connectivity index (χ4v) is 5.22. The first kappa shape index (κ1) is 16.6. The van der Waals surface area contributed by atoms with Crippen LogP contribution in [0.15, 0.2) is 45.1 Å². The molecule has 0 atom stereocenters. The van der Waals surface area contributed by atoms with Gasteiger partial charge in [-0.25, -0.2) is 8.42 Å². The highest BCUT2D eigenvalue weighted by Gasteiger charge is 2.26. The Kier molecular flexibility index (Phi) is 4.86. The lowest BCUT2D eigenvalue weighted by molar-refractivity contribution is 0.103. The van der Waals surface area contributed by atoms with Crippen LogP contribution in [-0.2, 0) is 10.0 Å². The summed E-state index contributed by atoms with van der Waals surface area (Å²) in [5.41, 5.74) is 0.569. The van der Waals surface area contributed by atoms with E-state index in [1.165, 1.54) is 27.8 Å². The van der Waals surface area contributed by atoms with E-state index in [0.717, 1.165) is 16.6 Å². The van der Waals surface area contributed by atoms with Crippen LogP contribution >= 0.6 is 27.3 Å². The molecule has 0 unspecified atom stereocenters. The van der Waals surface area contributed by atoms with E-state index in [1.54, 1.807) is 18.2 Å². The van der Waals surface area contributed by atoms with E-state index in [9.17, 15) is 13.2 Å². The molecule has 23 heavy (non-hydrogen) atoms. The molecular weight excluding hydrogens is 400 g/mol. The van der Waals surface area contributed by atoms with Gasteiger partial charge in [-0.05, 0) is 65.2 Å². The van der Waals surface area contributed by atoms with Gasteiger partial charge in [0.05, 0.1) is 13.6 Å². The summed E-state index contributed by atoms with van der Waals surface area (Å²) >= 11 is 4.66. The highest BCUT2D eigenvalue weighted by atomic mass is 79.9. The van der Waals surface area contributed by atoms with Crippen molar-refractivity contribution in [2.45, 2.75) is 17.7 Å². The minimum Gasteiger partial charge on any atom is -0.321 e. The van der Waals surface area contributed by atoms with Crippen molar-refractivity contribution in [2.75, 3.05) is 18.4 Å². The van der Waals surface area contributed by atoms with Gasteiger partial charge in [-0.2, -0.15) is 4.31 Å². The van der Waals surface area contributed by atoms with Gasteiger partial charge in [0.25, 0.3) is 5.91 Å². The SMILES string of the molecule is O=C(Nc1ccc(S(=O)(=O)N2CCCC2)cc1)c1ccc(Br)s1. The summed E-state index contributed by atoms with van der Waals surface area (Å²) in [7, 11) is -3.42. The number of hydrogen-bond donors (Lipinski definition) is 1. The standard InChI is InChI=1S/C15H15BrN2O3S2/c16-14-8-7-13(22-14)15(19)17-11-3-5-12(6-4-11)23(20,21)18-9-1-2-10-18/h3-8H,1-2,9-10H2,(H,17,19). The van der Waals surface area contributed by atoms with E-state index >= 15 is 0 Å². The van der Waals surface area contributed by atoms with E-state index in [2.05, 4.69) is 21.2 Å². The Bertz CT molecular complexity index is 810. The molecule has 1 N–H and O–H groups in total. The Morgan fingerprint density at radius 1 is 1.09 bits per heavy atom. The second-order valence-corrected chi connectivity index (χ2v) is 9.59. The smallest absolute Gasteiger partial charge is 0.265 e. The average molecular weight is 415 g/mol. The molecular formula is C15H15BrN2O3S2. The number of hydrogen-bond acceptors (Lipinski definition) is 4. The summed E-state index contributed by atoms with van der Waals surface area (Å²) in [5.74, 6) is -0.212. The molecule has 2 aromatic rings. The van der Waals surface area contributed by atoms with Crippen molar-refractivity contribution in [3.8, 4) is 0 Å². The molecule has 0 radical (unpaired) electrons. The molecule has 1 fully saturated rings. The van der Waals surface area contributed by atoms with E-state index in [-0.39, 0.29) is 10.8 Å². The van der Waals surface area contributed by atoms with Crippen molar-refractivity contribution in [3.63, 3.8) is 0 Å². The Hall–Kier alpha value is -1.22. The lowest BCUT2D eigenvalue weighted by atomic mass is 10.3. The Balaban J connectivity index is 1.73. The minimum absolute atomic E-state index is 0.212. The fourth-order valence-electron chi connectivity index (χ4n) is 2.42. The van der Waals surface area contributed by atoms with Gasteiger partial charge in [-0.15, -0.1) is 11.3 Å². The van der Waals surface area contributed by atoms with Crippen LogP contribution in [0.25, 0.3) is 0 Å². The third kappa shape index (κ3) is 3.65. The molecule has 2 heterocycles. The zero-order valence-corrected chi connectivity index (χ0v) is 15.4. The van der Waals surface area contributed by atoms with Crippen LogP contribution in [0.5, 0.6) is 0 Å². The third-order valence-corrected chi connectivity index (χ3v) is 7.15. The normalized spacial score (nSPS) is 15.7. The number of carbonyl (C=O) groups is 1. The van der Waals surface area contributed by atoms with Crippen molar-refractivity contribution in [3.05, 3.63) is 45.1 Å². The predicted octanol–water partition coefficient (Wildman–Crippen LogP) is 3.55. The fraction of sp³-hybridized carbons (Fsp3) is 0.267. The number of anilines is 1. The van der Waals surface area contributed by atoms with Crippen LogP contribution in [-0.4, -0.2) is 31.7 Å². The maximum Gasteiger partial charge on any atom is 0.265 e. The number of sulfonamides is 1. The molecule has 0 aliphatic carbocycles. The molecule has 1 aromatic heterocycles. The minimum atomic E-state index is -3.42. The third-order valence-electron chi connectivity index (χ3n) is 3.61. The first-order valence-electron chi connectivity index (χ1n) is 7.14. The molecule has 1 aliphatic heterocycles. The number of halogens is 1. The van der Waals surface area contributed by atoms with Gasteiger partial charge in [-0.3, -0.25) is 4.79 Å². The molecule has 0 saturated carbocycles. The molecule has 3 rings (SSSR count). The van der Waals surface area contributed by atoms with Gasteiger partial charge in [0.15, 0.2) is 0 Å². The second kappa shape index (κ2) is 6.72. The van der Waals surface area contributed by atoms with Gasteiger partial charge in [0.2, 0.25) is 10.0 Å². The monoisotopic (exact) mass is 414 g/mol. The van der Waals surface area contributed by atoms with Gasteiger partial charge in [0, 0.05) is 18.8 Å². The predicted molar refractivity (Wildman–Crippen MR) is 94.4 cm³/mol. The number of thiophene rings is 1. The Morgan fingerprint density at radius 2 is 1.74 bits per heavy atom. The highest BCUT2D eigenvalue weighted by Crippen LogP contribution is 2.24. The lowest BCUT2D eigenvalue weighted by Gasteiger charge is -2.15. The molecule has 0 bridgehead atoms. The van der Waals surface area contributed by atoms with E-state index < -0.39 is 10.0 Å². The van der Waals surface area contributed by atoms with Crippen molar-refractivity contribution < 1.29 is 13.2 Å². The lowest BCUT2D eigenvalue weighted by Crippen LogP contribution is -2.27. The molecule has 1 amide bonds. The van der Waals surface area contributed by atoms with E-state index in [1.807, 2.05) is 6.07 Å². The molecule has 122 valence electrons. The van der Waals surface area contributed by atoms with Crippen LogP contribution in [0.4, 0.5) is 5.69 Å². The maximum atomic E-state index is 12.4. The summed E-state index contributed by atoms with van der Waals surface area (Å²) in [6.07, 6.45) is 1.81. The highest BCUT2D eigenvalue weighted by molar-refractivity contribution is 9.11. The summed E-state index contributed by atoms with van der Waals surface area (Å²) in [4.78, 5) is 12.9. The molecule has 5 nitrogen and oxygen atoms in total. The average Bonchev–Trinajstić information content (AvgIpc) is 3.19. The Labute approximate surface area is 147 Å². The summed E-state index contributed by atoms with van der Waals surface area (Å²) in [5, 5.41) is 2.76. The largest absolute Gasteiger partial charge is 0.321 e. The van der Waals surface area contributed by atoms with Gasteiger partial charge in [0.1, 0.15) is 0 Å². The molecule has 0 spiro atoms. The second-order valence-electron chi connectivity index (χ2n) is 5.19. The van der Waals surface area contributed by atoms with E-state index in [4.69, 9.17) is 0 Å². The number of rotatable bonds is 4. The van der Waals surface area contributed by atoms with Gasteiger partial charge < -0.3 is 5.32 Å². The van der Waals surface area contributed by atoms with Gasteiger partial charge in [-0.1, -0.05) is 0 Å². The van der Waals surface area contributed by atoms with Crippen LogP contribution in [0.3, 0.4) is 0 Å². The Morgan fingerprint density at radius 3 is 2.30 bits per heavy atom. The first-order valence-corrected chi connectivity index (χ1v) is 10.2. The van der Waals surface area contributed by atoms with Crippen LogP contribution in [0.1, 0.15) is 22.5 Å². The zero-order chi connectivity index (χ0) is 16.4. The van der Waals surface area contributed by atoms with Crippen LogP contribution in [0.2, 0.25) is 0 Å². The topological polar surface area (TPSA) is 66.5 Å². The maximum absolute atomic E-state index is 12.4. The number of carbonyl (C=O) groups excluding carboxylic acids is 1. The number of nitrogens with zero attached hydrogens (tertiary/aromatic N) is 1. The van der Waals surface area contributed by atoms with Gasteiger partial charge >= 0.3 is 0 Å². The van der Waals surface area contributed by atoms with Crippen molar-refractivity contribution in [1.29, 1.82) is 0 Å². The van der Waals surface area contributed by atoms with E-state index in [0.29, 0.717) is 23.7 Å². The number of benzene rings is 1. The number of amides is 1. The summed E-state index contributed by atoms with van der Waals surface area (Å²) in [6.45, 7) is 1.15.